The molecule has 1 aliphatic carbocycles. The molecular formula is C21H27N3O3. The van der Waals surface area contributed by atoms with Gasteiger partial charge in [0.05, 0.1) is 0 Å². The number of rotatable bonds is 1. The molecule has 1 amide bonds. The summed E-state index contributed by atoms with van der Waals surface area (Å²) < 4.78 is 11.0. The van der Waals surface area contributed by atoms with Gasteiger partial charge in [-0.2, -0.15) is 0 Å². The zero-order valence-electron chi connectivity index (χ0n) is 16.7. The lowest BCUT2D eigenvalue weighted by Gasteiger charge is -2.54. The highest BCUT2D eigenvalue weighted by Gasteiger charge is 2.50. The number of carbonyl (C=O) groups excluding carboxylic acids is 1. The normalized spacial score (nSPS) is 27.2. The van der Waals surface area contributed by atoms with Crippen LogP contribution in [0.15, 0.2) is 29.0 Å². The molecule has 3 atom stereocenters. The number of fused-ring (bicyclic) bond motifs is 4. The number of hydrogen-bond donors (Lipinski definition) is 0. The Morgan fingerprint density at radius 3 is 2.81 bits per heavy atom. The fourth-order valence-electron chi connectivity index (χ4n) is 4.60. The van der Waals surface area contributed by atoms with Crippen molar-refractivity contribution >= 4 is 6.09 Å². The maximum atomic E-state index is 12.8. The minimum Gasteiger partial charge on any atom is -0.444 e. The van der Waals surface area contributed by atoms with E-state index in [1.165, 1.54) is 17.5 Å². The van der Waals surface area contributed by atoms with Crippen LogP contribution in [-0.2, 0) is 16.6 Å². The third-order valence-electron chi connectivity index (χ3n) is 6.24. The van der Waals surface area contributed by atoms with Crippen LogP contribution < -0.4 is 0 Å². The lowest BCUT2D eigenvalue weighted by Crippen LogP contribution is -2.60. The van der Waals surface area contributed by atoms with E-state index in [0.717, 1.165) is 18.4 Å². The van der Waals surface area contributed by atoms with Crippen molar-refractivity contribution in [1.82, 2.24) is 15.1 Å². The van der Waals surface area contributed by atoms with Crippen LogP contribution in [0.2, 0.25) is 0 Å². The van der Waals surface area contributed by atoms with Crippen molar-refractivity contribution in [2.75, 3.05) is 6.54 Å². The molecule has 1 aliphatic heterocycles. The van der Waals surface area contributed by atoms with Crippen molar-refractivity contribution in [3.63, 3.8) is 0 Å². The Morgan fingerprint density at radius 1 is 1.37 bits per heavy atom. The van der Waals surface area contributed by atoms with Gasteiger partial charge >= 0.3 is 6.09 Å². The van der Waals surface area contributed by atoms with Crippen LogP contribution in [-0.4, -0.2) is 39.4 Å². The molecule has 1 unspecified atom stereocenters. The summed E-state index contributed by atoms with van der Waals surface area (Å²) in [5.74, 6) is 0.881. The highest BCUT2D eigenvalue weighted by molar-refractivity contribution is 5.69. The van der Waals surface area contributed by atoms with E-state index in [0.29, 0.717) is 18.4 Å². The molecule has 1 fully saturated rings. The molecule has 2 aromatic rings. The lowest BCUT2D eigenvalue weighted by atomic mass is 9.59. The van der Waals surface area contributed by atoms with Crippen molar-refractivity contribution in [1.29, 1.82) is 0 Å². The Kier molecular flexibility index (Phi) is 4.05. The van der Waals surface area contributed by atoms with Gasteiger partial charge in [-0.25, -0.2) is 4.79 Å². The zero-order chi connectivity index (χ0) is 19.4. The molecule has 2 bridgehead atoms. The van der Waals surface area contributed by atoms with Crippen LogP contribution in [0.1, 0.15) is 52.2 Å². The molecule has 6 heteroatoms. The Bertz CT molecular complexity index is 856. The van der Waals surface area contributed by atoms with Crippen LogP contribution in [0.4, 0.5) is 4.79 Å². The number of aromatic nitrogens is 2. The predicted molar refractivity (Wildman–Crippen MR) is 101 cm³/mol. The highest BCUT2D eigenvalue weighted by Crippen LogP contribution is 2.49. The third kappa shape index (κ3) is 3.01. The largest absolute Gasteiger partial charge is 0.444 e. The molecule has 1 saturated heterocycles. The van der Waals surface area contributed by atoms with E-state index in [-0.39, 0.29) is 17.6 Å². The van der Waals surface area contributed by atoms with Gasteiger partial charge in [0.15, 0.2) is 0 Å². The van der Waals surface area contributed by atoms with Gasteiger partial charge in [-0.1, -0.05) is 19.9 Å². The van der Waals surface area contributed by atoms with Crippen LogP contribution >= 0.6 is 0 Å². The van der Waals surface area contributed by atoms with E-state index in [1.807, 2.05) is 31.7 Å². The lowest BCUT2D eigenvalue weighted by molar-refractivity contribution is -0.0164. The SMILES string of the molecule is CC1[C@H]2Cc3ccc(-c4nnco4)cc3[C@]1(C)CCN2C(=O)OC(C)(C)C. The quantitative estimate of drug-likeness (QED) is 0.754. The second-order valence-corrected chi connectivity index (χ2v) is 9.02. The summed E-state index contributed by atoms with van der Waals surface area (Å²) in [7, 11) is 0. The van der Waals surface area contributed by atoms with E-state index < -0.39 is 5.60 Å². The summed E-state index contributed by atoms with van der Waals surface area (Å²) >= 11 is 0. The van der Waals surface area contributed by atoms with Gasteiger partial charge in [-0.15, -0.1) is 10.2 Å². The van der Waals surface area contributed by atoms with Crippen molar-refractivity contribution in [2.45, 2.75) is 64.5 Å². The van der Waals surface area contributed by atoms with Crippen LogP contribution in [0.5, 0.6) is 0 Å². The van der Waals surface area contributed by atoms with Gasteiger partial charge in [-0.3, -0.25) is 0 Å². The summed E-state index contributed by atoms with van der Waals surface area (Å²) in [4.78, 5) is 14.7. The monoisotopic (exact) mass is 369 g/mol. The van der Waals surface area contributed by atoms with Gasteiger partial charge < -0.3 is 14.1 Å². The van der Waals surface area contributed by atoms with Crippen molar-refractivity contribution in [3.8, 4) is 11.5 Å². The molecular weight excluding hydrogens is 342 g/mol. The fourth-order valence-corrected chi connectivity index (χ4v) is 4.60. The first kappa shape index (κ1) is 18.0. The number of ether oxygens (including phenoxy) is 1. The molecule has 0 spiro atoms. The molecule has 2 aliphatic rings. The highest BCUT2D eigenvalue weighted by atomic mass is 16.6. The van der Waals surface area contributed by atoms with Crippen LogP contribution in [0.25, 0.3) is 11.5 Å². The number of likely N-dealkylation sites (tertiary alicyclic amines) is 1. The molecule has 1 aromatic heterocycles. The molecule has 144 valence electrons. The second kappa shape index (κ2) is 6.08. The number of carbonyl (C=O) groups is 1. The Hall–Kier alpha value is -2.37. The van der Waals surface area contributed by atoms with E-state index in [1.54, 1.807) is 0 Å². The first-order valence-corrected chi connectivity index (χ1v) is 9.58. The molecule has 0 N–H and O–H groups in total. The minimum atomic E-state index is -0.480. The maximum Gasteiger partial charge on any atom is 0.410 e. The van der Waals surface area contributed by atoms with Gasteiger partial charge in [0, 0.05) is 18.2 Å². The zero-order valence-corrected chi connectivity index (χ0v) is 16.7. The fraction of sp³-hybridized carbons (Fsp3) is 0.571. The standard InChI is InChI=1S/C21H27N3O3/c1-13-17-11-14-6-7-15(18-23-22-12-26-18)10-16(14)21(13,5)8-9-24(17)19(25)27-20(2,3)4/h6-7,10,12-13,17H,8-9,11H2,1-5H3/t13?,17-,21-/m1/s1. The predicted octanol–water partition coefficient (Wildman–Crippen LogP) is 4.20. The first-order valence-electron chi connectivity index (χ1n) is 9.58. The molecule has 27 heavy (non-hydrogen) atoms. The van der Waals surface area contributed by atoms with Crippen molar-refractivity contribution < 1.29 is 13.9 Å². The molecule has 6 nitrogen and oxygen atoms in total. The number of benzene rings is 1. The number of hydrogen-bond acceptors (Lipinski definition) is 5. The molecule has 0 radical (unpaired) electrons. The third-order valence-corrected chi connectivity index (χ3v) is 6.24. The summed E-state index contributed by atoms with van der Waals surface area (Å²) in [6, 6.07) is 6.52. The van der Waals surface area contributed by atoms with E-state index >= 15 is 0 Å². The molecule has 4 rings (SSSR count). The summed E-state index contributed by atoms with van der Waals surface area (Å²) in [5, 5.41) is 7.83. The Labute approximate surface area is 159 Å². The summed E-state index contributed by atoms with van der Waals surface area (Å²) in [6.07, 6.45) is 2.90. The summed E-state index contributed by atoms with van der Waals surface area (Å²) in [6.45, 7) is 11.0. The topological polar surface area (TPSA) is 68.5 Å². The van der Waals surface area contributed by atoms with E-state index in [9.17, 15) is 4.79 Å². The number of amides is 1. The van der Waals surface area contributed by atoms with Crippen LogP contribution in [0, 0.1) is 5.92 Å². The second-order valence-electron chi connectivity index (χ2n) is 9.02. The Morgan fingerprint density at radius 2 is 2.15 bits per heavy atom. The van der Waals surface area contributed by atoms with Gasteiger partial charge in [0.2, 0.25) is 12.3 Å². The number of piperidine rings is 1. The molecule has 2 heterocycles. The average molecular weight is 369 g/mol. The molecule has 0 saturated carbocycles. The average Bonchev–Trinajstić information content (AvgIpc) is 3.10. The number of nitrogens with zero attached hydrogens (tertiary/aromatic N) is 3. The smallest absolute Gasteiger partial charge is 0.410 e. The van der Waals surface area contributed by atoms with Crippen LogP contribution in [0.3, 0.4) is 0 Å². The van der Waals surface area contributed by atoms with Gasteiger partial charge in [0.25, 0.3) is 0 Å². The maximum absolute atomic E-state index is 12.8. The van der Waals surface area contributed by atoms with Gasteiger partial charge in [0.1, 0.15) is 5.60 Å². The Balaban J connectivity index is 1.68. The van der Waals surface area contributed by atoms with Crippen molar-refractivity contribution in [2.24, 2.45) is 5.92 Å². The minimum absolute atomic E-state index is 0.00674. The summed E-state index contributed by atoms with van der Waals surface area (Å²) in [5.41, 5.74) is 3.11. The van der Waals surface area contributed by atoms with E-state index in [4.69, 9.17) is 9.15 Å². The first-order chi connectivity index (χ1) is 12.7. The van der Waals surface area contributed by atoms with E-state index in [2.05, 4.69) is 36.2 Å². The molecule has 1 aromatic carbocycles. The van der Waals surface area contributed by atoms with Gasteiger partial charge in [-0.05, 0) is 68.2 Å². The van der Waals surface area contributed by atoms with Crippen molar-refractivity contribution in [3.05, 3.63) is 35.7 Å².